The number of carbonyl (C=O) groups is 2. The van der Waals surface area contributed by atoms with E-state index in [4.69, 9.17) is 0 Å². The smallest absolute Gasteiger partial charge is 0.405 e. The lowest BCUT2D eigenvalue weighted by molar-refractivity contribution is -0.274. The zero-order chi connectivity index (χ0) is 17.7. The van der Waals surface area contributed by atoms with Gasteiger partial charge < -0.3 is 15.4 Å². The number of amides is 2. The van der Waals surface area contributed by atoms with Gasteiger partial charge in [0, 0.05) is 17.5 Å². The van der Waals surface area contributed by atoms with Gasteiger partial charge in [0.15, 0.2) is 0 Å². The molecule has 0 aliphatic heterocycles. The van der Waals surface area contributed by atoms with Gasteiger partial charge in [-0.05, 0) is 6.07 Å². The van der Waals surface area contributed by atoms with Crippen LogP contribution in [-0.4, -0.2) is 24.7 Å². The number of carbonyl (C=O) groups excluding carboxylic acids is 2. The van der Waals surface area contributed by atoms with E-state index >= 15 is 0 Å². The average molecular weight is 332 g/mol. The summed E-state index contributed by atoms with van der Waals surface area (Å²) in [6.45, 7) is 4.70. The van der Waals surface area contributed by atoms with Crippen molar-refractivity contribution in [3.05, 3.63) is 29.8 Å². The lowest BCUT2D eigenvalue weighted by Crippen LogP contribution is -2.41. The van der Waals surface area contributed by atoms with Crippen molar-refractivity contribution in [3.63, 3.8) is 0 Å². The molecule has 0 atom stereocenters. The summed E-state index contributed by atoms with van der Waals surface area (Å²) in [5, 5.41) is 4.88. The van der Waals surface area contributed by atoms with Crippen molar-refractivity contribution < 1.29 is 27.5 Å². The number of ether oxygens (including phenoxy) is 1. The number of hydrogen-bond donors (Lipinski definition) is 2. The number of para-hydroxylation sites is 1. The Kier molecular flexibility index (Phi) is 6.00. The molecule has 0 spiro atoms. The van der Waals surface area contributed by atoms with Crippen LogP contribution in [0.15, 0.2) is 24.3 Å². The molecule has 8 heteroatoms. The molecular formula is C15H19F3N2O3. The third kappa shape index (κ3) is 7.03. The Morgan fingerprint density at radius 3 is 2.26 bits per heavy atom. The summed E-state index contributed by atoms with van der Waals surface area (Å²) < 4.78 is 40.7. The Morgan fingerprint density at radius 2 is 1.70 bits per heavy atom. The number of nitrogens with one attached hydrogen (secondary N) is 2. The van der Waals surface area contributed by atoms with Gasteiger partial charge >= 0.3 is 6.36 Å². The molecule has 0 unspecified atom stereocenters. The molecule has 0 heterocycles. The van der Waals surface area contributed by atoms with Crippen molar-refractivity contribution in [2.75, 3.05) is 6.54 Å². The Morgan fingerprint density at radius 1 is 1.09 bits per heavy atom. The van der Waals surface area contributed by atoms with E-state index < -0.39 is 17.7 Å². The molecule has 0 saturated heterocycles. The zero-order valence-electron chi connectivity index (χ0n) is 13.1. The van der Waals surface area contributed by atoms with Gasteiger partial charge in [0.05, 0.1) is 6.54 Å². The summed E-state index contributed by atoms with van der Waals surface area (Å²) in [4.78, 5) is 23.3. The molecule has 2 amide bonds. The van der Waals surface area contributed by atoms with Crippen LogP contribution in [-0.2, 0) is 16.1 Å². The fraction of sp³-hybridized carbons (Fsp3) is 0.467. The highest BCUT2D eigenvalue weighted by molar-refractivity contribution is 5.87. The number of alkyl halides is 3. The molecule has 0 aliphatic rings. The van der Waals surface area contributed by atoms with E-state index in [1.807, 2.05) is 0 Å². The summed E-state index contributed by atoms with van der Waals surface area (Å²) in [7, 11) is 0. The molecular weight excluding hydrogens is 313 g/mol. The molecule has 2 N–H and O–H groups in total. The topological polar surface area (TPSA) is 67.4 Å². The van der Waals surface area contributed by atoms with E-state index in [-0.39, 0.29) is 30.3 Å². The second kappa shape index (κ2) is 7.34. The van der Waals surface area contributed by atoms with Gasteiger partial charge in [-0.1, -0.05) is 39.0 Å². The number of hydrogen-bond acceptors (Lipinski definition) is 3. The lowest BCUT2D eigenvalue weighted by Gasteiger charge is -2.17. The van der Waals surface area contributed by atoms with Crippen molar-refractivity contribution >= 4 is 11.8 Å². The van der Waals surface area contributed by atoms with Gasteiger partial charge in [0.25, 0.3) is 0 Å². The summed E-state index contributed by atoms with van der Waals surface area (Å²) in [5.41, 5.74) is -0.451. The first-order valence-corrected chi connectivity index (χ1v) is 6.88. The molecule has 0 radical (unpaired) electrons. The second-order valence-electron chi connectivity index (χ2n) is 5.86. The summed E-state index contributed by atoms with van der Waals surface area (Å²) in [5.74, 6) is -1.18. The SMILES string of the molecule is CC(C)(C)C(=O)NCC(=O)NCc1ccccc1OC(F)(F)F. The van der Waals surface area contributed by atoms with Crippen LogP contribution in [0.5, 0.6) is 5.75 Å². The molecule has 23 heavy (non-hydrogen) atoms. The van der Waals surface area contributed by atoms with E-state index in [2.05, 4.69) is 15.4 Å². The average Bonchev–Trinajstić information content (AvgIpc) is 2.41. The molecule has 0 aromatic heterocycles. The van der Waals surface area contributed by atoms with Gasteiger partial charge in [0.2, 0.25) is 11.8 Å². The molecule has 1 aromatic carbocycles. The van der Waals surface area contributed by atoms with Gasteiger partial charge in [-0.2, -0.15) is 0 Å². The normalized spacial score (nSPS) is 11.7. The first-order valence-electron chi connectivity index (χ1n) is 6.88. The molecule has 0 aliphatic carbocycles. The van der Waals surface area contributed by atoms with Crippen molar-refractivity contribution in [3.8, 4) is 5.75 Å². The minimum absolute atomic E-state index is 0.142. The van der Waals surface area contributed by atoms with E-state index in [0.717, 1.165) is 6.07 Å². The van der Waals surface area contributed by atoms with Gasteiger partial charge in [-0.25, -0.2) is 0 Å². The first kappa shape index (κ1) is 18.8. The minimum atomic E-state index is -4.80. The number of rotatable bonds is 5. The van der Waals surface area contributed by atoms with Crippen LogP contribution in [0.2, 0.25) is 0 Å². The van der Waals surface area contributed by atoms with Crippen LogP contribution in [0.25, 0.3) is 0 Å². The minimum Gasteiger partial charge on any atom is -0.405 e. The maximum absolute atomic E-state index is 12.3. The maximum Gasteiger partial charge on any atom is 0.573 e. The Labute approximate surface area is 132 Å². The van der Waals surface area contributed by atoms with Crippen molar-refractivity contribution in [2.24, 2.45) is 5.41 Å². The fourth-order valence-electron chi connectivity index (χ4n) is 1.56. The molecule has 5 nitrogen and oxygen atoms in total. The maximum atomic E-state index is 12.3. The quantitative estimate of drug-likeness (QED) is 0.870. The lowest BCUT2D eigenvalue weighted by atomic mass is 9.96. The van der Waals surface area contributed by atoms with Crippen LogP contribution in [0.4, 0.5) is 13.2 Å². The van der Waals surface area contributed by atoms with Crippen LogP contribution in [0.3, 0.4) is 0 Å². The van der Waals surface area contributed by atoms with Crippen LogP contribution >= 0.6 is 0 Å². The first-order chi connectivity index (χ1) is 10.5. The van der Waals surface area contributed by atoms with Crippen molar-refractivity contribution in [2.45, 2.75) is 33.7 Å². The summed E-state index contributed by atoms with van der Waals surface area (Å²) >= 11 is 0. The van der Waals surface area contributed by atoms with E-state index in [1.54, 1.807) is 20.8 Å². The predicted octanol–water partition coefficient (Wildman–Crippen LogP) is 2.36. The largest absolute Gasteiger partial charge is 0.573 e. The third-order valence-electron chi connectivity index (χ3n) is 2.76. The van der Waals surface area contributed by atoms with Gasteiger partial charge in [0.1, 0.15) is 5.75 Å². The van der Waals surface area contributed by atoms with Crippen LogP contribution in [0.1, 0.15) is 26.3 Å². The molecule has 1 rings (SSSR count). The zero-order valence-corrected chi connectivity index (χ0v) is 13.1. The number of benzene rings is 1. The molecule has 0 saturated carbocycles. The Hall–Kier alpha value is -2.25. The molecule has 0 fully saturated rings. The second-order valence-corrected chi connectivity index (χ2v) is 5.86. The predicted molar refractivity (Wildman–Crippen MR) is 77.4 cm³/mol. The third-order valence-corrected chi connectivity index (χ3v) is 2.76. The highest BCUT2D eigenvalue weighted by Crippen LogP contribution is 2.26. The highest BCUT2D eigenvalue weighted by atomic mass is 19.4. The van der Waals surface area contributed by atoms with E-state index in [9.17, 15) is 22.8 Å². The number of halogens is 3. The summed E-state index contributed by atoms with van der Waals surface area (Å²) in [6, 6.07) is 5.51. The van der Waals surface area contributed by atoms with E-state index in [0.29, 0.717) is 0 Å². The van der Waals surface area contributed by atoms with Crippen molar-refractivity contribution in [1.29, 1.82) is 0 Å². The fourth-order valence-corrected chi connectivity index (χ4v) is 1.56. The highest BCUT2D eigenvalue weighted by Gasteiger charge is 2.32. The van der Waals surface area contributed by atoms with E-state index in [1.165, 1.54) is 18.2 Å². The Bertz CT molecular complexity index is 566. The standard InChI is InChI=1S/C15H19F3N2O3/c1-14(2,3)13(22)20-9-12(21)19-8-10-6-4-5-7-11(10)23-15(16,17)18/h4-7H,8-9H2,1-3H3,(H,19,21)(H,20,22). The van der Waals surface area contributed by atoms with Crippen LogP contribution < -0.4 is 15.4 Å². The summed E-state index contributed by atoms with van der Waals surface area (Å²) in [6.07, 6.45) is -4.80. The molecule has 1 aromatic rings. The van der Waals surface area contributed by atoms with Gasteiger partial charge in [-0.3, -0.25) is 9.59 Å². The van der Waals surface area contributed by atoms with Gasteiger partial charge in [-0.15, -0.1) is 13.2 Å². The van der Waals surface area contributed by atoms with Crippen LogP contribution in [0, 0.1) is 5.41 Å². The molecule has 0 bridgehead atoms. The Balaban J connectivity index is 2.55. The monoisotopic (exact) mass is 332 g/mol. The molecule has 128 valence electrons. The van der Waals surface area contributed by atoms with Crippen molar-refractivity contribution in [1.82, 2.24) is 10.6 Å².